The van der Waals surface area contributed by atoms with Crippen LogP contribution in [-0.4, -0.2) is 15.8 Å². The van der Waals surface area contributed by atoms with Crippen molar-refractivity contribution in [1.82, 2.24) is 0 Å². The van der Waals surface area contributed by atoms with Crippen molar-refractivity contribution >= 4 is 8.68 Å². The highest BCUT2D eigenvalue weighted by molar-refractivity contribution is 6.39. The van der Waals surface area contributed by atoms with E-state index >= 15 is 0 Å². The lowest BCUT2D eigenvalue weighted by molar-refractivity contribution is 0.191. The molecule has 0 spiro atoms. The van der Waals surface area contributed by atoms with E-state index in [-0.39, 0.29) is 8.68 Å². The minimum absolute atomic E-state index is 0.374. The molecule has 0 rings (SSSR count). The highest BCUT2D eigenvalue weighted by Gasteiger charge is 1.89. The molecular formula is C3H9OSi+. The van der Waals surface area contributed by atoms with E-state index in [1.807, 2.05) is 0 Å². The van der Waals surface area contributed by atoms with Gasteiger partial charge in [-0.3, -0.25) is 0 Å². The van der Waals surface area contributed by atoms with Crippen molar-refractivity contribution in [2.45, 2.75) is 13.1 Å². The standard InChI is InChI=1S/C3H9OSi/c1-4-5(2)3/h1-3H3/q+1. The molecule has 0 aliphatic rings. The average molecular weight is 89.2 g/mol. The molecule has 0 aromatic heterocycles. The third kappa shape index (κ3) is 4.02. The van der Waals surface area contributed by atoms with Crippen LogP contribution in [0, 0.1) is 0 Å². The molecule has 5 heavy (non-hydrogen) atoms. The fourth-order valence-electron chi connectivity index (χ4n) is 0. The molecule has 0 aromatic carbocycles. The van der Waals surface area contributed by atoms with Crippen LogP contribution in [0.2, 0.25) is 13.1 Å². The van der Waals surface area contributed by atoms with E-state index in [9.17, 15) is 0 Å². The van der Waals surface area contributed by atoms with Gasteiger partial charge in [-0.05, 0) is 0 Å². The SMILES string of the molecule is C[O+]=[Si](C)C. The molecule has 0 aliphatic heterocycles. The summed E-state index contributed by atoms with van der Waals surface area (Å²) in [6, 6.07) is 0. The maximum atomic E-state index is 4.85. The maximum Gasteiger partial charge on any atom is 0.512 e. The van der Waals surface area contributed by atoms with Gasteiger partial charge in [-0.2, -0.15) is 0 Å². The first kappa shape index (κ1) is 5.02. The molecular weight excluding hydrogens is 80.1 g/mol. The Labute approximate surface area is 34.0 Å². The minimum Gasteiger partial charge on any atom is -0.383 e. The van der Waals surface area contributed by atoms with Crippen molar-refractivity contribution in [3.8, 4) is 0 Å². The highest BCUT2D eigenvalue weighted by atomic mass is 28.3. The lowest BCUT2D eigenvalue weighted by Crippen LogP contribution is -1.82. The zero-order valence-electron chi connectivity index (χ0n) is 3.91. The van der Waals surface area contributed by atoms with Crippen LogP contribution < -0.4 is 0 Å². The number of hydrogen-bond acceptors (Lipinski definition) is 0. The van der Waals surface area contributed by atoms with Crippen LogP contribution in [0.1, 0.15) is 0 Å². The third-order valence-corrected chi connectivity index (χ3v) is 1.22. The Bertz CT molecular complexity index is 44.9. The molecule has 0 saturated heterocycles. The fraction of sp³-hybridized carbons (Fsp3) is 1.00. The van der Waals surface area contributed by atoms with Gasteiger partial charge in [0, 0.05) is 13.1 Å². The van der Waals surface area contributed by atoms with Gasteiger partial charge in [0.2, 0.25) is 7.11 Å². The molecule has 0 heterocycles. The first-order chi connectivity index (χ1) is 2.27. The Morgan fingerprint density at radius 2 is 1.60 bits per heavy atom. The first-order valence-electron chi connectivity index (χ1n) is 1.61. The van der Waals surface area contributed by atoms with Crippen LogP contribution in [0.5, 0.6) is 0 Å². The highest BCUT2D eigenvalue weighted by Crippen LogP contribution is 1.56. The van der Waals surface area contributed by atoms with Crippen LogP contribution in [0.25, 0.3) is 0 Å². The smallest absolute Gasteiger partial charge is 0.383 e. The molecule has 0 N–H and O–H groups in total. The molecule has 0 aromatic rings. The van der Waals surface area contributed by atoms with Crippen LogP contribution in [0.15, 0.2) is 0 Å². The molecule has 0 radical (unpaired) electrons. The first-order valence-corrected chi connectivity index (χ1v) is 4.02. The lowest BCUT2D eigenvalue weighted by atomic mass is 11.8. The molecule has 2 heteroatoms. The Kier molecular flexibility index (Phi) is 2.27. The van der Waals surface area contributed by atoms with Crippen LogP contribution in [-0.2, 0) is 4.09 Å². The van der Waals surface area contributed by atoms with Gasteiger partial charge in [0.15, 0.2) is 0 Å². The second-order valence-electron chi connectivity index (χ2n) is 1.11. The number of hydrogen-bond donors (Lipinski definition) is 0. The quantitative estimate of drug-likeness (QED) is 0.308. The summed E-state index contributed by atoms with van der Waals surface area (Å²) in [6.07, 6.45) is 0. The fourth-order valence-corrected chi connectivity index (χ4v) is 0. The average Bonchev–Trinajstić information content (AvgIpc) is 1.38. The van der Waals surface area contributed by atoms with Crippen LogP contribution in [0.3, 0.4) is 0 Å². The van der Waals surface area contributed by atoms with Crippen molar-refractivity contribution in [3.05, 3.63) is 0 Å². The van der Waals surface area contributed by atoms with Gasteiger partial charge in [-0.25, -0.2) is 0 Å². The van der Waals surface area contributed by atoms with Gasteiger partial charge < -0.3 is 4.09 Å². The zero-order chi connectivity index (χ0) is 4.28. The molecule has 1 nitrogen and oxygen atoms in total. The predicted molar refractivity (Wildman–Crippen MR) is 24.1 cm³/mol. The summed E-state index contributed by atoms with van der Waals surface area (Å²) in [5.41, 5.74) is 0. The van der Waals surface area contributed by atoms with E-state index in [2.05, 4.69) is 13.1 Å². The van der Waals surface area contributed by atoms with Crippen molar-refractivity contribution in [2.75, 3.05) is 7.11 Å². The van der Waals surface area contributed by atoms with Crippen LogP contribution >= 0.6 is 0 Å². The molecule has 0 unspecified atom stereocenters. The normalized spacial score (nSPS) is 7.00. The maximum absolute atomic E-state index is 4.85. The molecule has 0 atom stereocenters. The van der Waals surface area contributed by atoms with Gasteiger partial charge >= 0.3 is 8.68 Å². The summed E-state index contributed by atoms with van der Waals surface area (Å²) < 4.78 is 4.85. The minimum atomic E-state index is -0.374. The Morgan fingerprint density at radius 1 is 1.40 bits per heavy atom. The topological polar surface area (TPSA) is 11.3 Å². The monoisotopic (exact) mass is 89.0 g/mol. The largest absolute Gasteiger partial charge is 0.512 e. The van der Waals surface area contributed by atoms with E-state index in [1.165, 1.54) is 0 Å². The third-order valence-electron chi connectivity index (χ3n) is 0.408. The van der Waals surface area contributed by atoms with E-state index < -0.39 is 0 Å². The molecule has 30 valence electrons. The summed E-state index contributed by atoms with van der Waals surface area (Å²) in [6.45, 7) is 4.20. The molecule has 0 fully saturated rings. The van der Waals surface area contributed by atoms with E-state index in [0.717, 1.165) is 0 Å². The molecule has 0 aliphatic carbocycles. The summed E-state index contributed by atoms with van der Waals surface area (Å²) in [5, 5.41) is 0. The Morgan fingerprint density at radius 3 is 1.60 bits per heavy atom. The predicted octanol–water partition coefficient (Wildman–Crippen LogP) is 0.833. The summed E-state index contributed by atoms with van der Waals surface area (Å²) in [4.78, 5) is 0. The summed E-state index contributed by atoms with van der Waals surface area (Å²) in [7, 11) is 1.37. The van der Waals surface area contributed by atoms with E-state index in [4.69, 9.17) is 4.09 Å². The van der Waals surface area contributed by atoms with Crippen molar-refractivity contribution in [3.63, 3.8) is 0 Å². The van der Waals surface area contributed by atoms with Gasteiger partial charge in [-0.1, -0.05) is 0 Å². The van der Waals surface area contributed by atoms with Gasteiger partial charge in [-0.15, -0.1) is 0 Å². The second-order valence-corrected chi connectivity index (χ2v) is 3.34. The molecule has 0 saturated carbocycles. The van der Waals surface area contributed by atoms with Crippen LogP contribution in [0.4, 0.5) is 0 Å². The number of rotatable bonds is 0. The van der Waals surface area contributed by atoms with Crippen molar-refractivity contribution in [2.24, 2.45) is 0 Å². The van der Waals surface area contributed by atoms with Crippen molar-refractivity contribution < 1.29 is 4.09 Å². The van der Waals surface area contributed by atoms with Gasteiger partial charge in [0.05, 0.1) is 0 Å². The summed E-state index contributed by atoms with van der Waals surface area (Å²) >= 11 is 0. The molecule has 0 bridgehead atoms. The van der Waals surface area contributed by atoms with Gasteiger partial charge in [0.25, 0.3) is 0 Å². The van der Waals surface area contributed by atoms with E-state index in [1.54, 1.807) is 7.11 Å². The molecule has 0 amide bonds. The Hall–Kier alpha value is 0.0169. The summed E-state index contributed by atoms with van der Waals surface area (Å²) in [5.74, 6) is 0. The van der Waals surface area contributed by atoms with Crippen molar-refractivity contribution in [1.29, 1.82) is 0 Å². The van der Waals surface area contributed by atoms with Gasteiger partial charge in [0.1, 0.15) is 0 Å². The lowest BCUT2D eigenvalue weighted by Gasteiger charge is -1.56. The zero-order valence-corrected chi connectivity index (χ0v) is 4.91. The second kappa shape index (κ2) is 2.27. The van der Waals surface area contributed by atoms with E-state index in [0.29, 0.717) is 0 Å². The Balaban J connectivity index is 3.14.